The van der Waals surface area contributed by atoms with Crippen LogP contribution in [0.4, 0.5) is 5.69 Å². The molecule has 0 aromatic heterocycles. The van der Waals surface area contributed by atoms with Crippen molar-refractivity contribution in [2.24, 2.45) is 5.92 Å². The van der Waals surface area contributed by atoms with Crippen LogP contribution in [0, 0.1) is 5.92 Å². The lowest BCUT2D eigenvalue weighted by Gasteiger charge is -2.29. The topological polar surface area (TPSA) is 59.0 Å². The third kappa shape index (κ3) is 5.15. The minimum absolute atomic E-state index is 0.525. The molecule has 2 aromatic rings. The first-order chi connectivity index (χ1) is 14.5. The minimum Gasteiger partial charge on any atom is -0.496 e. The summed E-state index contributed by atoms with van der Waals surface area (Å²) < 4.78 is 11.5. The quantitative estimate of drug-likeness (QED) is 0.607. The van der Waals surface area contributed by atoms with Gasteiger partial charge in [0.25, 0.3) is 0 Å². The van der Waals surface area contributed by atoms with Gasteiger partial charge >= 0.3 is 5.97 Å². The summed E-state index contributed by atoms with van der Waals surface area (Å²) in [6.45, 7) is 6.61. The molecule has 160 valence electrons. The monoisotopic (exact) mass is 429 g/mol. The van der Waals surface area contributed by atoms with Crippen molar-refractivity contribution in [3.05, 3.63) is 65.2 Å². The molecule has 0 spiro atoms. The van der Waals surface area contributed by atoms with Gasteiger partial charge in [0, 0.05) is 18.7 Å². The van der Waals surface area contributed by atoms with Gasteiger partial charge in [0.05, 0.1) is 37.0 Å². The van der Waals surface area contributed by atoms with Crippen molar-refractivity contribution in [3.8, 4) is 5.75 Å². The zero-order chi connectivity index (χ0) is 21.5. The van der Waals surface area contributed by atoms with E-state index in [1.807, 2.05) is 30.3 Å². The summed E-state index contributed by atoms with van der Waals surface area (Å²) in [6.07, 6.45) is 2.20. The van der Waals surface area contributed by atoms with Crippen molar-refractivity contribution in [1.29, 1.82) is 0 Å². The first-order valence-corrected chi connectivity index (χ1v) is 10.6. The third-order valence-corrected chi connectivity index (χ3v) is 5.76. The molecule has 0 aliphatic carbocycles. The standard InChI is InChI=1S/C24H28ClNO4/c1-17-19(24(27)28)10-6-7-13-26(14-15-30-16-18-8-4-3-5-9-18)23-20(25)11-12-21(29-2)22(17)23/h3-5,8-9,11-12,19H,1,6-7,10,13-16H2,2H3,(H,27,28). The molecule has 1 N–H and O–H groups in total. The second-order valence-corrected chi connectivity index (χ2v) is 7.82. The fourth-order valence-corrected chi connectivity index (χ4v) is 4.16. The number of methoxy groups -OCH3 is 1. The highest BCUT2D eigenvalue weighted by Gasteiger charge is 2.30. The number of carboxylic acids is 1. The number of benzene rings is 2. The summed E-state index contributed by atoms with van der Waals surface area (Å²) in [6, 6.07) is 13.6. The maximum Gasteiger partial charge on any atom is 0.310 e. The van der Waals surface area contributed by atoms with Crippen LogP contribution in [0.15, 0.2) is 49.0 Å². The fraction of sp³-hybridized carbons (Fsp3) is 0.375. The number of hydrogen-bond donors (Lipinski definition) is 1. The van der Waals surface area contributed by atoms with Crippen molar-refractivity contribution >= 4 is 28.8 Å². The van der Waals surface area contributed by atoms with Crippen LogP contribution in [0.3, 0.4) is 0 Å². The molecule has 3 rings (SSSR count). The number of carboxylic acid groups (broad SMARTS) is 1. The Labute approximate surface area is 182 Å². The highest BCUT2D eigenvalue weighted by atomic mass is 35.5. The third-order valence-electron chi connectivity index (χ3n) is 5.45. The summed E-state index contributed by atoms with van der Waals surface area (Å²) in [4.78, 5) is 14.1. The maximum absolute atomic E-state index is 11.9. The highest BCUT2D eigenvalue weighted by Crippen LogP contribution is 2.44. The summed E-state index contributed by atoms with van der Waals surface area (Å²) in [5, 5.41) is 10.3. The molecule has 1 aliphatic rings. The summed E-state index contributed by atoms with van der Waals surface area (Å²) in [5.74, 6) is -0.944. The van der Waals surface area contributed by atoms with Gasteiger partial charge in [-0.25, -0.2) is 0 Å². The number of nitrogens with zero attached hydrogens (tertiary/aromatic N) is 1. The van der Waals surface area contributed by atoms with Gasteiger partial charge in [-0.1, -0.05) is 54.9 Å². The largest absolute Gasteiger partial charge is 0.496 e. The van der Waals surface area contributed by atoms with E-state index in [1.165, 1.54) is 0 Å². The van der Waals surface area contributed by atoms with Crippen LogP contribution in [-0.2, 0) is 16.1 Å². The van der Waals surface area contributed by atoms with Gasteiger partial charge < -0.3 is 19.5 Å². The van der Waals surface area contributed by atoms with Crippen molar-refractivity contribution in [2.75, 3.05) is 31.7 Å². The van der Waals surface area contributed by atoms with Gasteiger partial charge in [-0.05, 0) is 36.1 Å². The molecule has 0 saturated carbocycles. The lowest BCUT2D eigenvalue weighted by molar-refractivity contribution is -0.139. The summed E-state index contributed by atoms with van der Waals surface area (Å²) in [7, 11) is 1.58. The van der Waals surface area contributed by atoms with Gasteiger partial charge in [0.15, 0.2) is 0 Å². The molecule has 1 aliphatic heterocycles. The number of aliphatic carboxylic acids is 1. The Hall–Kier alpha value is -2.50. The number of ether oxygens (including phenoxy) is 2. The Balaban J connectivity index is 1.86. The minimum atomic E-state index is -0.868. The molecule has 0 amide bonds. The van der Waals surface area contributed by atoms with Gasteiger partial charge in [-0.15, -0.1) is 0 Å². The van der Waals surface area contributed by atoms with Crippen LogP contribution in [0.25, 0.3) is 5.57 Å². The van der Waals surface area contributed by atoms with Crippen molar-refractivity contribution in [1.82, 2.24) is 0 Å². The molecule has 30 heavy (non-hydrogen) atoms. The van der Waals surface area contributed by atoms with Crippen molar-refractivity contribution < 1.29 is 19.4 Å². The highest BCUT2D eigenvalue weighted by molar-refractivity contribution is 6.34. The number of fused-ring (bicyclic) bond motifs is 1. The molecular weight excluding hydrogens is 402 g/mol. The Kier molecular flexibility index (Phi) is 7.77. The lowest BCUT2D eigenvalue weighted by atomic mass is 9.88. The van der Waals surface area contributed by atoms with Crippen LogP contribution in [-0.4, -0.2) is 37.9 Å². The second-order valence-electron chi connectivity index (χ2n) is 7.41. The van der Waals surface area contributed by atoms with Crippen molar-refractivity contribution in [3.63, 3.8) is 0 Å². The van der Waals surface area contributed by atoms with E-state index in [4.69, 9.17) is 21.1 Å². The summed E-state index contributed by atoms with van der Waals surface area (Å²) >= 11 is 6.62. The lowest BCUT2D eigenvalue weighted by Crippen LogP contribution is -2.29. The van der Waals surface area contributed by atoms with E-state index >= 15 is 0 Å². The van der Waals surface area contributed by atoms with E-state index in [1.54, 1.807) is 19.2 Å². The molecule has 0 radical (unpaired) electrons. The van der Waals surface area contributed by atoms with Crippen LogP contribution < -0.4 is 9.64 Å². The van der Waals surface area contributed by atoms with Gasteiger partial charge in [0.1, 0.15) is 5.75 Å². The fourth-order valence-electron chi connectivity index (χ4n) is 3.88. The van der Waals surface area contributed by atoms with E-state index in [2.05, 4.69) is 11.5 Å². The molecule has 0 fully saturated rings. The van der Waals surface area contributed by atoms with Crippen LogP contribution >= 0.6 is 11.6 Å². The molecular formula is C24H28ClNO4. The second kappa shape index (κ2) is 10.5. The molecule has 5 nitrogen and oxygen atoms in total. The maximum atomic E-state index is 11.9. The van der Waals surface area contributed by atoms with Crippen LogP contribution in [0.2, 0.25) is 5.02 Å². The smallest absolute Gasteiger partial charge is 0.310 e. The van der Waals surface area contributed by atoms with E-state index in [-0.39, 0.29) is 0 Å². The predicted molar refractivity (Wildman–Crippen MR) is 120 cm³/mol. The van der Waals surface area contributed by atoms with Crippen molar-refractivity contribution in [2.45, 2.75) is 25.9 Å². The van der Waals surface area contributed by atoms with E-state index in [0.717, 1.165) is 30.6 Å². The number of halogens is 1. The molecule has 1 atom stereocenters. The molecule has 1 heterocycles. The van der Waals surface area contributed by atoms with E-state index in [9.17, 15) is 9.90 Å². The SMILES string of the molecule is C=C1c2c(OC)ccc(Cl)c2N(CCOCc2ccccc2)CCCCC1C(=O)O. The first-order valence-electron chi connectivity index (χ1n) is 10.2. The number of hydrogen-bond acceptors (Lipinski definition) is 4. The molecule has 0 bridgehead atoms. The molecule has 6 heteroatoms. The van der Waals surface area contributed by atoms with Crippen LogP contribution in [0.5, 0.6) is 5.75 Å². The Morgan fingerprint density at radius 3 is 2.70 bits per heavy atom. The Morgan fingerprint density at radius 1 is 1.23 bits per heavy atom. The zero-order valence-electron chi connectivity index (χ0n) is 17.3. The average molecular weight is 430 g/mol. The van der Waals surface area contributed by atoms with Gasteiger partial charge in [-0.3, -0.25) is 4.79 Å². The predicted octanol–water partition coefficient (Wildman–Crippen LogP) is 5.27. The Morgan fingerprint density at radius 2 is 2.00 bits per heavy atom. The molecule has 0 saturated heterocycles. The van der Waals surface area contributed by atoms with Gasteiger partial charge in [-0.2, -0.15) is 0 Å². The van der Waals surface area contributed by atoms with Gasteiger partial charge in [0.2, 0.25) is 0 Å². The Bertz CT molecular complexity index is 884. The number of carbonyl (C=O) groups is 1. The normalized spacial score (nSPS) is 16.9. The average Bonchev–Trinajstić information content (AvgIpc) is 2.81. The number of rotatable bonds is 7. The molecule has 1 unspecified atom stereocenters. The van der Waals surface area contributed by atoms with E-state index < -0.39 is 11.9 Å². The van der Waals surface area contributed by atoms with E-state index in [0.29, 0.717) is 48.1 Å². The molecule has 2 aromatic carbocycles. The zero-order valence-corrected chi connectivity index (χ0v) is 18.0. The van der Waals surface area contributed by atoms with Crippen LogP contribution in [0.1, 0.15) is 30.4 Å². The summed E-state index contributed by atoms with van der Waals surface area (Å²) in [5.41, 5.74) is 3.12. The first kappa shape index (κ1) is 22.2. The number of anilines is 1.